The van der Waals surface area contributed by atoms with Gasteiger partial charge in [-0.05, 0) is 25.3 Å². The first-order valence-corrected chi connectivity index (χ1v) is 7.48. The number of ether oxygens (including phenoxy) is 1. The largest absolute Gasteiger partial charge is 0.495 e. The zero-order valence-corrected chi connectivity index (χ0v) is 12.4. The Hall–Kier alpha value is -1.58. The number of hydrogen-bond acceptors (Lipinski definition) is 3. The summed E-state index contributed by atoms with van der Waals surface area (Å²) in [6.45, 7) is 1.98. The molecule has 0 aliphatic heterocycles. The van der Waals surface area contributed by atoms with Gasteiger partial charge in [0, 0.05) is 18.2 Å². The number of hydrogen-bond donors (Lipinski definition) is 1. The summed E-state index contributed by atoms with van der Waals surface area (Å²) in [5.41, 5.74) is 0.969. The summed E-state index contributed by atoms with van der Waals surface area (Å²) in [7, 11) is 1.62. The van der Waals surface area contributed by atoms with Crippen LogP contribution >= 0.6 is 0 Å². The van der Waals surface area contributed by atoms with E-state index < -0.39 is 0 Å². The number of aromatic nitrogens is 1. The van der Waals surface area contributed by atoms with E-state index >= 15 is 0 Å². The van der Waals surface area contributed by atoms with Crippen LogP contribution in [-0.4, -0.2) is 18.0 Å². The minimum absolute atomic E-state index is 0.0518. The summed E-state index contributed by atoms with van der Waals surface area (Å²) in [6, 6.07) is 1.84. The van der Waals surface area contributed by atoms with Gasteiger partial charge in [-0.1, -0.05) is 25.7 Å². The number of pyridine rings is 1. The zero-order chi connectivity index (χ0) is 14.4. The summed E-state index contributed by atoms with van der Waals surface area (Å²) in [5.74, 6) is 1.60. The van der Waals surface area contributed by atoms with Crippen LogP contribution in [0.1, 0.15) is 57.1 Å². The fourth-order valence-corrected chi connectivity index (χ4v) is 2.94. The van der Waals surface area contributed by atoms with E-state index in [1.165, 1.54) is 25.7 Å². The van der Waals surface area contributed by atoms with Gasteiger partial charge in [0.2, 0.25) is 5.91 Å². The lowest BCUT2D eigenvalue weighted by atomic mass is 10.0. The molecule has 2 rings (SSSR count). The molecule has 1 unspecified atom stereocenters. The van der Waals surface area contributed by atoms with Gasteiger partial charge >= 0.3 is 0 Å². The summed E-state index contributed by atoms with van der Waals surface area (Å²) in [4.78, 5) is 16.0. The topological polar surface area (TPSA) is 51.2 Å². The van der Waals surface area contributed by atoms with Gasteiger partial charge in [-0.3, -0.25) is 9.78 Å². The fourth-order valence-electron chi connectivity index (χ4n) is 2.94. The van der Waals surface area contributed by atoms with Crippen molar-refractivity contribution in [2.75, 3.05) is 7.11 Å². The van der Waals surface area contributed by atoms with Gasteiger partial charge in [0.05, 0.1) is 19.3 Å². The summed E-state index contributed by atoms with van der Waals surface area (Å²) < 4.78 is 5.28. The maximum atomic E-state index is 12.0. The number of nitrogens with zero attached hydrogens (tertiary/aromatic N) is 1. The van der Waals surface area contributed by atoms with Crippen molar-refractivity contribution in [3.05, 3.63) is 24.0 Å². The van der Waals surface area contributed by atoms with Gasteiger partial charge < -0.3 is 10.1 Å². The number of carbonyl (C=O) groups excluding carboxylic acids is 1. The normalized spacial score (nSPS) is 16.9. The van der Waals surface area contributed by atoms with Crippen molar-refractivity contribution in [2.45, 2.75) is 51.5 Å². The molecule has 1 aromatic rings. The van der Waals surface area contributed by atoms with Crippen molar-refractivity contribution in [1.82, 2.24) is 10.3 Å². The van der Waals surface area contributed by atoms with Gasteiger partial charge in [-0.15, -0.1) is 0 Å². The first-order chi connectivity index (χ1) is 9.70. The fraction of sp³-hybridized carbons (Fsp3) is 0.625. The first-order valence-electron chi connectivity index (χ1n) is 7.48. The summed E-state index contributed by atoms with van der Waals surface area (Å²) >= 11 is 0. The number of carbonyl (C=O) groups is 1. The van der Waals surface area contributed by atoms with Crippen LogP contribution in [0.3, 0.4) is 0 Å². The summed E-state index contributed by atoms with van der Waals surface area (Å²) in [6.07, 6.45) is 10.3. The van der Waals surface area contributed by atoms with E-state index in [2.05, 4.69) is 10.3 Å². The van der Waals surface area contributed by atoms with Crippen LogP contribution in [-0.2, 0) is 4.79 Å². The van der Waals surface area contributed by atoms with Crippen molar-refractivity contribution in [1.29, 1.82) is 0 Å². The van der Waals surface area contributed by atoms with Crippen molar-refractivity contribution < 1.29 is 9.53 Å². The smallest absolute Gasteiger partial charge is 0.220 e. The van der Waals surface area contributed by atoms with Crippen LogP contribution in [0.4, 0.5) is 0 Å². The third kappa shape index (κ3) is 3.95. The maximum Gasteiger partial charge on any atom is 0.220 e. The highest BCUT2D eigenvalue weighted by atomic mass is 16.5. The molecule has 0 spiro atoms. The Morgan fingerprint density at radius 1 is 1.50 bits per heavy atom. The molecule has 1 saturated carbocycles. The molecule has 4 nitrogen and oxygen atoms in total. The van der Waals surface area contributed by atoms with Gasteiger partial charge in [0.15, 0.2) is 0 Å². The predicted molar refractivity (Wildman–Crippen MR) is 78.5 cm³/mol. The van der Waals surface area contributed by atoms with Crippen molar-refractivity contribution >= 4 is 5.91 Å². The number of amides is 1. The minimum atomic E-state index is -0.0518. The molecule has 0 saturated heterocycles. The molecule has 1 fully saturated rings. The Morgan fingerprint density at radius 2 is 2.25 bits per heavy atom. The molecule has 1 atom stereocenters. The Bertz CT molecular complexity index is 442. The highest BCUT2D eigenvalue weighted by Gasteiger charge is 2.18. The van der Waals surface area contributed by atoms with Gasteiger partial charge in [-0.2, -0.15) is 0 Å². The SMILES string of the molecule is COc1cnccc1C(C)NC(=O)CCC1CCCC1. The van der Waals surface area contributed by atoms with Crippen LogP contribution in [0.15, 0.2) is 18.5 Å². The second-order valence-corrected chi connectivity index (χ2v) is 5.60. The Balaban J connectivity index is 1.83. The van der Waals surface area contributed by atoms with Crippen LogP contribution in [0.2, 0.25) is 0 Å². The zero-order valence-electron chi connectivity index (χ0n) is 12.4. The Morgan fingerprint density at radius 3 is 2.95 bits per heavy atom. The van der Waals surface area contributed by atoms with E-state index in [-0.39, 0.29) is 11.9 Å². The third-order valence-corrected chi connectivity index (χ3v) is 4.13. The first kappa shape index (κ1) is 14.8. The van der Waals surface area contributed by atoms with E-state index in [1.54, 1.807) is 19.5 Å². The van der Waals surface area contributed by atoms with Gasteiger partial charge in [0.1, 0.15) is 5.75 Å². The highest BCUT2D eigenvalue weighted by molar-refractivity contribution is 5.76. The van der Waals surface area contributed by atoms with E-state index in [0.717, 1.165) is 23.7 Å². The van der Waals surface area contributed by atoms with Crippen molar-refractivity contribution in [2.24, 2.45) is 5.92 Å². The molecule has 0 radical (unpaired) electrons. The molecule has 1 N–H and O–H groups in total. The van der Waals surface area contributed by atoms with Gasteiger partial charge in [0.25, 0.3) is 0 Å². The lowest BCUT2D eigenvalue weighted by Gasteiger charge is -2.17. The second-order valence-electron chi connectivity index (χ2n) is 5.60. The molecular formula is C16H24N2O2. The van der Waals surface area contributed by atoms with Crippen LogP contribution in [0, 0.1) is 5.92 Å². The lowest BCUT2D eigenvalue weighted by Crippen LogP contribution is -2.27. The predicted octanol–water partition coefficient (Wildman–Crippen LogP) is 3.24. The second kappa shape index (κ2) is 7.27. The summed E-state index contributed by atoms with van der Waals surface area (Å²) in [5, 5.41) is 3.05. The van der Waals surface area contributed by atoms with Crippen molar-refractivity contribution in [3.8, 4) is 5.75 Å². The monoisotopic (exact) mass is 276 g/mol. The highest BCUT2D eigenvalue weighted by Crippen LogP contribution is 2.29. The molecule has 0 bridgehead atoms. The molecule has 1 aromatic heterocycles. The Labute approximate surface area is 120 Å². The number of rotatable bonds is 6. The number of nitrogens with one attached hydrogen (secondary N) is 1. The average Bonchev–Trinajstić information content (AvgIpc) is 2.98. The van der Waals surface area contributed by atoms with E-state index in [0.29, 0.717) is 6.42 Å². The van der Waals surface area contributed by atoms with Crippen molar-refractivity contribution in [3.63, 3.8) is 0 Å². The molecular weight excluding hydrogens is 252 g/mol. The molecule has 4 heteroatoms. The molecule has 110 valence electrons. The van der Waals surface area contributed by atoms with Crippen LogP contribution in [0.5, 0.6) is 5.75 Å². The standard InChI is InChI=1S/C16H24N2O2/c1-12(14-9-10-17-11-15(14)20-2)18-16(19)8-7-13-5-3-4-6-13/h9-13H,3-8H2,1-2H3,(H,18,19). The van der Waals surface area contributed by atoms with Crippen LogP contribution in [0.25, 0.3) is 0 Å². The molecule has 1 aliphatic carbocycles. The Kier molecular flexibility index (Phi) is 5.39. The molecule has 0 aromatic carbocycles. The maximum absolute atomic E-state index is 12.0. The third-order valence-electron chi connectivity index (χ3n) is 4.13. The van der Waals surface area contributed by atoms with Gasteiger partial charge in [-0.25, -0.2) is 0 Å². The molecule has 20 heavy (non-hydrogen) atoms. The van der Waals surface area contributed by atoms with E-state index in [1.807, 2.05) is 13.0 Å². The number of methoxy groups -OCH3 is 1. The lowest BCUT2D eigenvalue weighted by molar-refractivity contribution is -0.122. The molecule has 1 aliphatic rings. The van der Waals surface area contributed by atoms with E-state index in [9.17, 15) is 4.79 Å². The van der Waals surface area contributed by atoms with Crippen LogP contribution < -0.4 is 10.1 Å². The quantitative estimate of drug-likeness (QED) is 0.867. The van der Waals surface area contributed by atoms with E-state index in [4.69, 9.17) is 4.74 Å². The molecule has 1 heterocycles. The minimum Gasteiger partial charge on any atom is -0.495 e. The molecule has 1 amide bonds. The average molecular weight is 276 g/mol.